The summed E-state index contributed by atoms with van der Waals surface area (Å²) in [4.78, 5) is 26.2. The van der Waals surface area contributed by atoms with Crippen LogP contribution in [0.5, 0.6) is 5.75 Å². The van der Waals surface area contributed by atoms with Crippen molar-refractivity contribution < 1.29 is 14.3 Å². The quantitative estimate of drug-likeness (QED) is 0.748. The maximum atomic E-state index is 12.5. The predicted octanol–water partition coefficient (Wildman–Crippen LogP) is 3.44. The zero-order chi connectivity index (χ0) is 16.9. The molecule has 24 heavy (non-hydrogen) atoms. The van der Waals surface area contributed by atoms with Gasteiger partial charge in [0.15, 0.2) is 0 Å². The van der Waals surface area contributed by atoms with E-state index in [0.29, 0.717) is 18.9 Å². The lowest BCUT2D eigenvalue weighted by atomic mass is 10.2. The first-order chi connectivity index (χ1) is 11.6. The molecule has 1 aliphatic rings. The minimum Gasteiger partial charge on any atom is -0.490 e. The fraction of sp³-hybridized carbons (Fsp3) is 0.222. The number of halogens is 1. The molecule has 2 aromatic carbocycles. The minimum atomic E-state index is -0.160. The number of fused-ring (bicyclic) bond motifs is 1. The molecule has 0 aliphatic carbocycles. The van der Waals surface area contributed by atoms with Gasteiger partial charge in [-0.2, -0.15) is 0 Å². The first kappa shape index (κ1) is 16.8. The van der Waals surface area contributed by atoms with Crippen molar-refractivity contribution in [2.75, 3.05) is 23.4 Å². The van der Waals surface area contributed by atoms with E-state index in [1.54, 1.807) is 4.90 Å². The molecule has 0 aromatic heterocycles. The highest BCUT2D eigenvalue weighted by molar-refractivity contribution is 14.1. The van der Waals surface area contributed by atoms with E-state index in [2.05, 4.69) is 27.9 Å². The van der Waals surface area contributed by atoms with Crippen molar-refractivity contribution in [3.63, 3.8) is 0 Å². The molecule has 124 valence electrons. The molecular weight excluding hydrogens is 419 g/mol. The smallest absolute Gasteiger partial charge is 0.227 e. The third-order valence-corrected chi connectivity index (χ3v) is 4.37. The van der Waals surface area contributed by atoms with Crippen LogP contribution in [-0.4, -0.2) is 25.0 Å². The lowest BCUT2D eigenvalue weighted by molar-refractivity contribution is -0.122. The van der Waals surface area contributed by atoms with Gasteiger partial charge < -0.3 is 15.0 Å². The van der Waals surface area contributed by atoms with Crippen LogP contribution >= 0.6 is 22.6 Å². The Bertz CT molecular complexity index is 763. The zero-order valence-electron chi connectivity index (χ0n) is 13.0. The van der Waals surface area contributed by atoms with Crippen molar-refractivity contribution in [1.29, 1.82) is 0 Å². The maximum absolute atomic E-state index is 12.5. The highest BCUT2D eigenvalue weighted by Gasteiger charge is 2.23. The molecule has 0 unspecified atom stereocenters. The van der Waals surface area contributed by atoms with E-state index in [1.807, 2.05) is 48.5 Å². The van der Waals surface area contributed by atoms with Crippen LogP contribution in [0.1, 0.15) is 12.8 Å². The van der Waals surface area contributed by atoms with Gasteiger partial charge in [0.05, 0.1) is 12.2 Å². The largest absolute Gasteiger partial charge is 0.490 e. The molecule has 0 fully saturated rings. The average Bonchev–Trinajstić information content (AvgIpc) is 2.59. The van der Waals surface area contributed by atoms with Gasteiger partial charge in [-0.1, -0.05) is 18.2 Å². The van der Waals surface area contributed by atoms with Crippen molar-refractivity contribution in [2.24, 2.45) is 0 Å². The third-order valence-electron chi connectivity index (χ3n) is 3.70. The van der Waals surface area contributed by atoms with Crippen LogP contribution < -0.4 is 15.0 Å². The molecule has 1 aliphatic heterocycles. The molecule has 0 spiro atoms. The SMILES string of the molecule is O=C(CCC(=O)N1CCOc2ccccc21)Nc1cccc(I)c1. The number of para-hydroxylation sites is 2. The molecule has 5 nitrogen and oxygen atoms in total. The highest BCUT2D eigenvalue weighted by atomic mass is 127. The second-order valence-electron chi connectivity index (χ2n) is 5.42. The summed E-state index contributed by atoms with van der Waals surface area (Å²) in [7, 11) is 0. The number of ether oxygens (including phenoxy) is 1. The van der Waals surface area contributed by atoms with E-state index in [1.165, 1.54) is 0 Å². The van der Waals surface area contributed by atoms with Crippen LogP contribution in [0.4, 0.5) is 11.4 Å². The molecule has 3 rings (SSSR count). The summed E-state index contributed by atoms with van der Waals surface area (Å²) in [5.74, 6) is 0.482. The van der Waals surface area contributed by atoms with E-state index in [9.17, 15) is 9.59 Å². The molecular formula is C18H17IN2O3. The van der Waals surface area contributed by atoms with Crippen molar-refractivity contribution >= 4 is 45.8 Å². The molecule has 2 amide bonds. The van der Waals surface area contributed by atoms with E-state index in [4.69, 9.17) is 4.74 Å². The number of carbonyl (C=O) groups excluding carboxylic acids is 2. The van der Waals surface area contributed by atoms with Crippen LogP contribution in [0.25, 0.3) is 0 Å². The van der Waals surface area contributed by atoms with Gasteiger partial charge in [-0.15, -0.1) is 0 Å². The topological polar surface area (TPSA) is 58.6 Å². The number of carbonyl (C=O) groups is 2. The van der Waals surface area contributed by atoms with Crippen LogP contribution in [0.3, 0.4) is 0 Å². The second-order valence-corrected chi connectivity index (χ2v) is 6.67. The van der Waals surface area contributed by atoms with Gasteiger partial charge in [-0.25, -0.2) is 0 Å². The molecule has 0 bridgehead atoms. The molecule has 6 heteroatoms. The summed E-state index contributed by atoms with van der Waals surface area (Å²) in [6.45, 7) is 0.978. The van der Waals surface area contributed by atoms with Crippen molar-refractivity contribution in [1.82, 2.24) is 0 Å². The highest BCUT2D eigenvalue weighted by Crippen LogP contribution is 2.31. The van der Waals surface area contributed by atoms with Crippen molar-refractivity contribution in [3.05, 3.63) is 52.1 Å². The number of benzene rings is 2. The van der Waals surface area contributed by atoms with Gasteiger partial charge in [-0.3, -0.25) is 9.59 Å². The van der Waals surface area contributed by atoms with Crippen LogP contribution in [0.2, 0.25) is 0 Å². The Morgan fingerprint density at radius 1 is 1.12 bits per heavy atom. The Morgan fingerprint density at radius 3 is 2.79 bits per heavy atom. The Labute approximate surface area is 154 Å². The van der Waals surface area contributed by atoms with E-state index < -0.39 is 0 Å². The van der Waals surface area contributed by atoms with E-state index in [-0.39, 0.29) is 24.7 Å². The molecule has 0 atom stereocenters. The number of hydrogen-bond acceptors (Lipinski definition) is 3. The number of nitrogens with one attached hydrogen (secondary N) is 1. The van der Waals surface area contributed by atoms with Crippen LogP contribution in [-0.2, 0) is 9.59 Å². The first-order valence-corrected chi connectivity index (χ1v) is 8.79. The van der Waals surface area contributed by atoms with Gasteiger partial charge in [0.2, 0.25) is 11.8 Å². The van der Waals surface area contributed by atoms with Gasteiger partial charge in [0.1, 0.15) is 12.4 Å². The molecule has 1 N–H and O–H groups in total. The molecule has 0 saturated carbocycles. The number of amides is 2. The monoisotopic (exact) mass is 436 g/mol. The number of hydrogen-bond donors (Lipinski definition) is 1. The van der Waals surface area contributed by atoms with E-state index >= 15 is 0 Å². The van der Waals surface area contributed by atoms with Gasteiger partial charge >= 0.3 is 0 Å². The summed E-state index contributed by atoms with van der Waals surface area (Å²) < 4.78 is 6.59. The first-order valence-electron chi connectivity index (χ1n) is 7.71. The molecule has 2 aromatic rings. The number of nitrogens with zero attached hydrogens (tertiary/aromatic N) is 1. The number of anilines is 2. The maximum Gasteiger partial charge on any atom is 0.227 e. The predicted molar refractivity (Wildman–Crippen MR) is 101 cm³/mol. The Balaban J connectivity index is 1.57. The average molecular weight is 436 g/mol. The fourth-order valence-corrected chi connectivity index (χ4v) is 3.12. The zero-order valence-corrected chi connectivity index (χ0v) is 15.2. The Morgan fingerprint density at radius 2 is 1.96 bits per heavy atom. The summed E-state index contributed by atoms with van der Waals surface area (Å²) in [6, 6.07) is 15.0. The summed E-state index contributed by atoms with van der Waals surface area (Å²) in [5.41, 5.74) is 1.52. The van der Waals surface area contributed by atoms with Crippen LogP contribution in [0, 0.1) is 3.57 Å². The van der Waals surface area contributed by atoms with Crippen molar-refractivity contribution in [2.45, 2.75) is 12.8 Å². The molecule has 1 heterocycles. The summed E-state index contributed by atoms with van der Waals surface area (Å²) in [5, 5.41) is 2.82. The fourth-order valence-electron chi connectivity index (χ4n) is 2.57. The Hall–Kier alpha value is -2.09. The van der Waals surface area contributed by atoms with Crippen LogP contribution in [0.15, 0.2) is 48.5 Å². The minimum absolute atomic E-state index is 0.0662. The molecule has 0 radical (unpaired) electrons. The second kappa shape index (κ2) is 7.65. The molecule has 0 saturated heterocycles. The lowest BCUT2D eigenvalue weighted by Crippen LogP contribution is -2.38. The van der Waals surface area contributed by atoms with Crippen molar-refractivity contribution in [3.8, 4) is 5.75 Å². The van der Waals surface area contributed by atoms with Gasteiger partial charge in [-0.05, 0) is 52.9 Å². The third kappa shape index (κ3) is 4.05. The van der Waals surface area contributed by atoms with E-state index in [0.717, 1.165) is 14.9 Å². The van der Waals surface area contributed by atoms with Gasteiger partial charge in [0, 0.05) is 22.1 Å². The normalized spacial score (nSPS) is 13.0. The standard InChI is InChI=1S/C18H17IN2O3/c19-13-4-3-5-14(12-13)20-17(22)8-9-18(23)21-10-11-24-16-7-2-1-6-15(16)21/h1-7,12H,8-11H2,(H,20,22). The Kier molecular flexibility index (Phi) is 5.34. The van der Waals surface area contributed by atoms with Gasteiger partial charge in [0.25, 0.3) is 0 Å². The summed E-state index contributed by atoms with van der Waals surface area (Å²) in [6.07, 6.45) is 0.327. The summed E-state index contributed by atoms with van der Waals surface area (Å²) >= 11 is 2.19. The number of rotatable bonds is 4. The lowest BCUT2D eigenvalue weighted by Gasteiger charge is -2.29.